The van der Waals surface area contributed by atoms with Crippen molar-refractivity contribution in [3.8, 4) is 5.75 Å². The van der Waals surface area contributed by atoms with E-state index in [0.29, 0.717) is 5.95 Å². The van der Waals surface area contributed by atoms with Crippen molar-refractivity contribution in [3.63, 3.8) is 0 Å². The molecule has 0 bridgehead atoms. The normalized spacial score (nSPS) is 18.2. The molecule has 4 rings (SSSR count). The maximum absolute atomic E-state index is 5.67. The van der Waals surface area contributed by atoms with E-state index in [-0.39, 0.29) is 0 Å². The van der Waals surface area contributed by atoms with Gasteiger partial charge in [0.05, 0.1) is 25.3 Å². The number of hydrogen-bond donors (Lipinski definition) is 1. The van der Waals surface area contributed by atoms with Crippen LogP contribution in [0.25, 0.3) is 11.0 Å². The van der Waals surface area contributed by atoms with E-state index >= 15 is 0 Å². The lowest BCUT2D eigenvalue weighted by molar-refractivity contribution is 0.0378. The van der Waals surface area contributed by atoms with Gasteiger partial charge in [-0.15, -0.1) is 10.2 Å². The fraction of sp³-hybridized carbons (Fsp3) is 0.588. The standard InChI is InChI=1S/C17H23N5O2/c1-3-13-11-14-15(12-16(13)24-8-1)20-21-17(19-14)18-4-2-5-22-6-9-23-10-7-22/h11-12H,1-10H2,(H,18,19,21). The van der Waals surface area contributed by atoms with Crippen LogP contribution in [0.15, 0.2) is 12.1 Å². The maximum atomic E-state index is 5.67. The van der Waals surface area contributed by atoms with Crippen molar-refractivity contribution >= 4 is 17.0 Å². The summed E-state index contributed by atoms with van der Waals surface area (Å²) in [5, 5.41) is 11.7. The molecule has 0 aliphatic carbocycles. The smallest absolute Gasteiger partial charge is 0.243 e. The number of ether oxygens (including phenoxy) is 2. The van der Waals surface area contributed by atoms with Crippen LogP contribution in [0.1, 0.15) is 18.4 Å². The molecule has 1 aromatic heterocycles. The lowest BCUT2D eigenvalue weighted by Crippen LogP contribution is -2.37. The molecule has 7 heteroatoms. The van der Waals surface area contributed by atoms with Gasteiger partial charge < -0.3 is 14.8 Å². The van der Waals surface area contributed by atoms with Crippen molar-refractivity contribution in [3.05, 3.63) is 17.7 Å². The minimum absolute atomic E-state index is 0.598. The second kappa shape index (κ2) is 7.27. The van der Waals surface area contributed by atoms with Crippen LogP contribution in [0, 0.1) is 0 Å². The second-order valence-electron chi connectivity index (χ2n) is 6.27. The van der Waals surface area contributed by atoms with Gasteiger partial charge >= 0.3 is 0 Å². The zero-order valence-corrected chi connectivity index (χ0v) is 13.8. The van der Waals surface area contributed by atoms with Gasteiger partial charge in [0, 0.05) is 25.7 Å². The molecule has 1 fully saturated rings. The molecule has 2 aliphatic rings. The number of hydrogen-bond acceptors (Lipinski definition) is 7. The summed E-state index contributed by atoms with van der Waals surface area (Å²) in [5.74, 6) is 1.53. The van der Waals surface area contributed by atoms with E-state index in [0.717, 1.165) is 82.0 Å². The predicted octanol–water partition coefficient (Wildman–Crippen LogP) is 1.48. The second-order valence-corrected chi connectivity index (χ2v) is 6.27. The van der Waals surface area contributed by atoms with Crippen LogP contribution >= 0.6 is 0 Å². The molecule has 2 aromatic rings. The maximum Gasteiger partial charge on any atom is 0.243 e. The van der Waals surface area contributed by atoms with Crippen LogP contribution < -0.4 is 10.1 Å². The minimum Gasteiger partial charge on any atom is -0.493 e. The highest BCUT2D eigenvalue weighted by atomic mass is 16.5. The summed E-state index contributed by atoms with van der Waals surface area (Å²) in [6.07, 6.45) is 3.15. The average Bonchev–Trinajstić information content (AvgIpc) is 2.64. The number of aryl methyl sites for hydroxylation is 1. The first-order valence-corrected chi connectivity index (χ1v) is 8.73. The highest BCUT2D eigenvalue weighted by Crippen LogP contribution is 2.28. The van der Waals surface area contributed by atoms with Crippen molar-refractivity contribution < 1.29 is 9.47 Å². The number of nitrogens with one attached hydrogen (secondary N) is 1. The Morgan fingerprint density at radius 2 is 2.00 bits per heavy atom. The van der Waals surface area contributed by atoms with E-state index in [2.05, 4.69) is 31.5 Å². The Morgan fingerprint density at radius 1 is 1.08 bits per heavy atom. The molecular formula is C17H23N5O2. The van der Waals surface area contributed by atoms with Gasteiger partial charge in [0.1, 0.15) is 11.3 Å². The summed E-state index contributed by atoms with van der Waals surface area (Å²) >= 11 is 0. The van der Waals surface area contributed by atoms with Gasteiger partial charge in [-0.05, 0) is 37.4 Å². The first kappa shape index (κ1) is 15.5. The van der Waals surface area contributed by atoms with Gasteiger partial charge in [-0.3, -0.25) is 4.90 Å². The number of rotatable bonds is 5. The van der Waals surface area contributed by atoms with Gasteiger partial charge in [0.15, 0.2) is 0 Å². The average molecular weight is 329 g/mol. The van der Waals surface area contributed by atoms with Crippen LogP contribution in [-0.4, -0.2) is 66.1 Å². The summed E-state index contributed by atoms with van der Waals surface area (Å²) in [4.78, 5) is 7.02. The number of aromatic nitrogens is 3. The van der Waals surface area contributed by atoms with E-state index in [4.69, 9.17) is 9.47 Å². The third kappa shape index (κ3) is 3.57. The largest absolute Gasteiger partial charge is 0.493 e. The van der Waals surface area contributed by atoms with E-state index in [1.807, 2.05) is 6.07 Å². The number of benzene rings is 1. The number of nitrogens with zero attached hydrogens (tertiary/aromatic N) is 4. The van der Waals surface area contributed by atoms with Gasteiger partial charge in [-0.25, -0.2) is 4.98 Å². The lowest BCUT2D eigenvalue weighted by atomic mass is 10.1. The molecular weight excluding hydrogens is 306 g/mol. The SMILES string of the molecule is c1c2c(cc3nc(NCCCN4CCOCC4)nnc13)CCCO2. The Kier molecular flexibility index (Phi) is 4.71. The molecule has 0 amide bonds. The topological polar surface area (TPSA) is 72.4 Å². The first-order chi connectivity index (χ1) is 11.9. The summed E-state index contributed by atoms with van der Waals surface area (Å²) in [6, 6.07) is 4.03. The molecule has 1 saturated heterocycles. The molecule has 2 aliphatic heterocycles. The van der Waals surface area contributed by atoms with E-state index < -0.39 is 0 Å². The molecule has 1 N–H and O–H groups in total. The molecule has 0 spiro atoms. The molecule has 0 radical (unpaired) electrons. The summed E-state index contributed by atoms with van der Waals surface area (Å²) in [7, 11) is 0. The molecule has 0 atom stereocenters. The fourth-order valence-corrected chi connectivity index (χ4v) is 3.19. The zero-order valence-electron chi connectivity index (χ0n) is 13.8. The Morgan fingerprint density at radius 3 is 2.92 bits per heavy atom. The molecule has 128 valence electrons. The number of anilines is 1. The van der Waals surface area contributed by atoms with Gasteiger partial charge in [0.2, 0.25) is 5.95 Å². The lowest BCUT2D eigenvalue weighted by Gasteiger charge is -2.26. The third-order valence-electron chi connectivity index (χ3n) is 4.52. The predicted molar refractivity (Wildman–Crippen MR) is 91.5 cm³/mol. The third-order valence-corrected chi connectivity index (χ3v) is 4.52. The molecule has 7 nitrogen and oxygen atoms in total. The van der Waals surface area contributed by atoms with Crippen molar-refractivity contribution in [2.24, 2.45) is 0 Å². The highest BCUT2D eigenvalue weighted by Gasteiger charge is 2.13. The van der Waals surface area contributed by atoms with Crippen molar-refractivity contribution in [1.29, 1.82) is 0 Å². The van der Waals surface area contributed by atoms with Crippen LogP contribution in [0.3, 0.4) is 0 Å². The van der Waals surface area contributed by atoms with Crippen molar-refractivity contribution in [1.82, 2.24) is 20.1 Å². The molecule has 24 heavy (non-hydrogen) atoms. The van der Waals surface area contributed by atoms with Crippen LogP contribution in [0.2, 0.25) is 0 Å². The summed E-state index contributed by atoms with van der Waals surface area (Å²) in [5.41, 5.74) is 2.88. The monoisotopic (exact) mass is 329 g/mol. The van der Waals surface area contributed by atoms with E-state index in [9.17, 15) is 0 Å². The van der Waals surface area contributed by atoms with Gasteiger partial charge in [-0.2, -0.15) is 0 Å². The Labute approximate surface area is 141 Å². The summed E-state index contributed by atoms with van der Waals surface area (Å²) < 4.78 is 11.0. The molecule has 1 aromatic carbocycles. The Hall–Kier alpha value is -1.99. The van der Waals surface area contributed by atoms with Crippen molar-refractivity contribution in [2.75, 3.05) is 51.3 Å². The minimum atomic E-state index is 0.598. The number of morpholine rings is 1. The number of fused-ring (bicyclic) bond motifs is 2. The van der Waals surface area contributed by atoms with Crippen LogP contribution in [0.5, 0.6) is 5.75 Å². The quantitative estimate of drug-likeness (QED) is 0.833. The molecule has 0 unspecified atom stereocenters. The first-order valence-electron chi connectivity index (χ1n) is 8.73. The molecule has 3 heterocycles. The van der Waals surface area contributed by atoms with Gasteiger partial charge in [-0.1, -0.05) is 0 Å². The zero-order chi connectivity index (χ0) is 16.2. The van der Waals surface area contributed by atoms with E-state index in [1.54, 1.807) is 0 Å². The molecule has 0 saturated carbocycles. The fourth-order valence-electron chi connectivity index (χ4n) is 3.19. The van der Waals surface area contributed by atoms with Gasteiger partial charge in [0.25, 0.3) is 0 Å². The Bertz CT molecular complexity index is 703. The highest BCUT2D eigenvalue weighted by molar-refractivity contribution is 5.78. The van der Waals surface area contributed by atoms with Crippen LogP contribution in [-0.2, 0) is 11.2 Å². The summed E-state index contributed by atoms with van der Waals surface area (Å²) in [6.45, 7) is 6.45. The van der Waals surface area contributed by atoms with Crippen molar-refractivity contribution in [2.45, 2.75) is 19.3 Å². The van der Waals surface area contributed by atoms with Crippen LogP contribution in [0.4, 0.5) is 5.95 Å². The van der Waals surface area contributed by atoms with E-state index in [1.165, 1.54) is 5.56 Å². The Balaban J connectivity index is 1.36.